The van der Waals surface area contributed by atoms with Crippen LogP contribution in [-0.4, -0.2) is 19.4 Å². The molecule has 0 rings (SSSR count). The molecular formula is C3H3O6Os. The van der Waals surface area contributed by atoms with Crippen molar-refractivity contribution in [3.05, 3.63) is 0 Å². The molecule has 0 heterocycles. The van der Waals surface area contributed by atoms with Gasteiger partial charge in [0.05, 0.1) is 0 Å². The fraction of sp³-hybridized carbons (Fsp3) is 0. The Morgan fingerprint density at radius 3 is 0.700 bits per heavy atom. The molecule has 0 fully saturated rings. The zero-order valence-corrected chi connectivity index (χ0v) is 7.08. The Morgan fingerprint density at radius 1 is 0.700 bits per heavy atom. The number of carbonyl (C=O) groups excluding carboxylic acids is 3. The number of carbonyl (C=O) groups is 3. The molecule has 0 aromatic rings. The Balaban J connectivity index is -0.0000000257. The van der Waals surface area contributed by atoms with E-state index in [2.05, 4.69) is 0 Å². The Hall–Kier alpha value is -0.954. The fourth-order valence-corrected chi connectivity index (χ4v) is 0. The molecule has 1 radical (unpaired) electrons. The minimum Gasteiger partial charge on any atom is -0.554 e. The summed E-state index contributed by atoms with van der Waals surface area (Å²) in [5.74, 6) is 0. The molecule has 0 saturated carbocycles. The second-order valence-corrected chi connectivity index (χ2v) is 0.289. The van der Waals surface area contributed by atoms with Crippen molar-refractivity contribution < 1.29 is 49.5 Å². The van der Waals surface area contributed by atoms with Crippen molar-refractivity contribution in [3.63, 3.8) is 0 Å². The molecule has 0 aliphatic rings. The quantitative estimate of drug-likeness (QED) is 0.412. The van der Waals surface area contributed by atoms with Crippen molar-refractivity contribution in [1.82, 2.24) is 0 Å². The van der Waals surface area contributed by atoms with Gasteiger partial charge in [-0.2, -0.15) is 0 Å². The average molecular weight is 325 g/mol. The van der Waals surface area contributed by atoms with Crippen molar-refractivity contribution >= 4 is 19.4 Å². The van der Waals surface area contributed by atoms with E-state index in [-0.39, 0.29) is 19.8 Å². The van der Waals surface area contributed by atoms with Crippen LogP contribution in [0.25, 0.3) is 0 Å². The van der Waals surface area contributed by atoms with E-state index in [1.54, 1.807) is 0 Å². The molecule has 0 saturated heterocycles. The van der Waals surface area contributed by atoms with E-state index >= 15 is 0 Å². The standard InChI is InChI=1S/3CH2O2.Os/c3*2-1-3;/h3*1H,(H,2,3);/q;;;+3/p-3. The normalized spacial score (nSPS) is 3.60. The zero-order valence-electron chi connectivity index (χ0n) is 4.54. The van der Waals surface area contributed by atoms with Crippen LogP contribution in [-0.2, 0) is 34.2 Å². The minimum atomic E-state index is -0.500. The molecule has 0 amide bonds. The third-order valence-electron chi connectivity index (χ3n) is 0. The minimum absolute atomic E-state index is 0. The first kappa shape index (κ1) is 23.0. The molecule has 0 aliphatic carbocycles. The second kappa shape index (κ2) is 95.4. The molecule has 10 heavy (non-hydrogen) atoms. The van der Waals surface area contributed by atoms with Crippen molar-refractivity contribution in [2.75, 3.05) is 0 Å². The summed E-state index contributed by atoms with van der Waals surface area (Å²) in [4.78, 5) is 24.8. The number of hydrogen-bond acceptors (Lipinski definition) is 6. The largest absolute Gasteiger partial charge is 3.00 e. The van der Waals surface area contributed by atoms with Crippen LogP contribution in [0.2, 0.25) is 0 Å². The van der Waals surface area contributed by atoms with E-state index in [9.17, 15) is 0 Å². The van der Waals surface area contributed by atoms with E-state index in [1.165, 1.54) is 0 Å². The molecule has 0 unspecified atom stereocenters. The summed E-state index contributed by atoms with van der Waals surface area (Å²) in [7, 11) is 0. The second-order valence-electron chi connectivity index (χ2n) is 0.289. The Labute approximate surface area is 69.5 Å². The molecule has 0 aromatic heterocycles. The van der Waals surface area contributed by atoms with Crippen molar-refractivity contribution in [1.29, 1.82) is 0 Å². The smallest absolute Gasteiger partial charge is 0.554 e. The summed E-state index contributed by atoms with van der Waals surface area (Å²) in [6.07, 6.45) is 0. The summed E-state index contributed by atoms with van der Waals surface area (Å²) in [5, 5.41) is 24.8. The molecule has 0 spiro atoms. The van der Waals surface area contributed by atoms with E-state index in [4.69, 9.17) is 29.7 Å². The van der Waals surface area contributed by atoms with Gasteiger partial charge in [-0.05, 0) is 0 Å². The number of carboxylic acid groups (broad SMARTS) is 3. The number of rotatable bonds is 0. The van der Waals surface area contributed by atoms with E-state index in [1.807, 2.05) is 0 Å². The van der Waals surface area contributed by atoms with Gasteiger partial charge in [-0.3, -0.25) is 0 Å². The Bertz CT molecular complexity index is 49.7. The van der Waals surface area contributed by atoms with Crippen LogP contribution in [0, 0.1) is 0 Å². The van der Waals surface area contributed by atoms with Crippen LogP contribution in [0.5, 0.6) is 0 Å². The van der Waals surface area contributed by atoms with Crippen LogP contribution >= 0.6 is 0 Å². The van der Waals surface area contributed by atoms with Gasteiger partial charge in [0.25, 0.3) is 0 Å². The first-order valence-electron chi connectivity index (χ1n) is 1.41. The topological polar surface area (TPSA) is 120 Å². The van der Waals surface area contributed by atoms with Gasteiger partial charge in [0.2, 0.25) is 0 Å². The molecule has 0 N–H and O–H groups in total. The Morgan fingerprint density at radius 2 is 0.700 bits per heavy atom. The van der Waals surface area contributed by atoms with Gasteiger partial charge in [-0.25, -0.2) is 0 Å². The molecule has 0 bridgehead atoms. The van der Waals surface area contributed by atoms with Gasteiger partial charge < -0.3 is 29.7 Å². The van der Waals surface area contributed by atoms with Crippen LogP contribution in [0.15, 0.2) is 0 Å². The van der Waals surface area contributed by atoms with E-state index in [0.29, 0.717) is 0 Å². The SMILES string of the molecule is O=C[O-].O=C[O-].O=C[O-].[Os+3]. The van der Waals surface area contributed by atoms with Gasteiger partial charge >= 0.3 is 19.8 Å². The summed E-state index contributed by atoms with van der Waals surface area (Å²) in [6.45, 7) is -1.50. The molecule has 7 heteroatoms. The first-order chi connectivity index (χ1) is 4.24. The van der Waals surface area contributed by atoms with Gasteiger partial charge in [0.1, 0.15) is 0 Å². The zero-order chi connectivity index (χ0) is 8.12. The summed E-state index contributed by atoms with van der Waals surface area (Å²) in [5.41, 5.74) is 0. The summed E-state index contributed by atoms with van der Waals surface area (Å²) < 4.78 is 0. The van der Waals surface area contributed by atoms with Gasteiger partial charge in [-0.15, -0.1) is 0 Å². The van der Waals surface area contributed by atoms with Crippen LogP contribution in [0.3, 0.4) is 0 Å². The van der Waals surface area contributed by atoms with Crippen LogP contribution in [0.1, 0.15) is 0 Å². The van der Waals surface area contributed by atoms with Crippen LogP contribution < -0.4 is 15.3 Å². The third-order valence-corrected chi connectivity index (χ3v) is 0. The Kier molecular flexibility index (Phi) is 219. The van der Waals surface area contributed by atoms with Crippen molar-refractivity contribution in [2.45, 2.75) is 0 Å². The summed E-state index contributed by atoms with van der Waals surface area (Å²) >= 11 is 0. The van der Waals surface area contributed by atoms with Gasteiger partial charge in [0, 0.05) is 19.4 Å². The molecule has 0 aromatic carbocycles. The average Bonchev–Trinajstić information content (AvgIpc) is 1.70. The molecule has 59 valence electrons. The molecule has 0 aliphatic heterocycles. The monoisotopic (exact) mass is 327 g/mol. The van der Waals surface area contributed by atoms with Gasteiger partial charge in [0.15, 0.2) is 0 Å². The van der Waals surface area contributed by atoms with Crippen molar-refractivity contribution in [2.24, 2.45) is 0 Å². The fourth-order valence-electron chi connectivity index (χ4n) is 0. The third kappa shape index (κ3) is 283. The maximum Gasteiger partial charge on any atom is 3.00 e. The van der Waals surface area contributed by atoms with Gasteiger partial charge in [-0.1, -0.05) is 0 Å². The van der Waals surface area contributed by atoms with E-state index in [0.717, 1.165) is 0 Å². The maximum absolute atomic E-state index is 8.25. The first-order valence-corrected chi connectivity index (χ1v) is 1.41. The molecule has 0 atom stereocenters. The summed E-state index contributed by atoms with van der Waals surface area (Å²) in [6, 6.07) is 0. The van der Waals surface area contributed by atoms with E-state index < -0.39 is 19.4 Å². The predicted octanol–water partition coefficient (Wildman–Crippen LogP) is -4.90. The predicted molar refractivity (Wildman–Crippen MR) is 18.2 cm³/mol. The van der Waals surface area contributed by atoms with Crippen molar-refractivity contribution in [3.8, 4) is 0 Å². The molecular weight excluding hydrogens is 322 g/mol. The maximum atomic E-state index is 8.25. The van der Waals surface area contributed by atoms with Crippen LogP contribution in [0.4, 0.5) is 0 Å². The molecule has 6 nitrogen and oxygen atoms in total. The number of hydrogen-bond donors (Lipinski definition) is 0.